The van der Waals surface area contributed by atoms with Crippen molar-refractivity contribution in [1.29, 1.82) is 0 Å². The first-order valence-corrected chi connectivity index (χ1v) is 5.22. The number of hydrogen-bond donors (Lipinski definition) is 0. The topological polar surface area (TPSA) is 0 Å². The Labute approximate surface area is 95.1 Å². The van der Waals surface area contributed by atoms with Crippen LogP contribution in [0.15, 0.2) is 67.2 Å². The minimum absolute atomic E-state index is 0.506. The molecule has 0 fully saturated rings. The van der Waals surface area contributed by atoms with Gasteiger partial charge in [0.1, 0.15) is 0 Å². The molecule has 2 rings (SSSR count). The zero-order valence-corrected chi connectivity index (χ0v) is 8.94. The van der Waals surface area contributed by atoms with Crippen molar-refractivity contribution in [2.75, 3.05) is 0 Å². The average Bonchev–Trinajstić information content (AvgIpc) is 2.39. The first-order chi connectivity index (χ1) is 7.79. The van der Waals surface area contributed by atoms with Crippen LogP contribution in [0.3, 0.4) is 0 Å². The van der Waals surface area contributed by atoms with Crippen molar-refractivity contribution in [3.05, 3.63) is 78.4 Å². The average molecular weight is 212 g/mol. The number of hydrogen-bond acceptors (Lipinski definition) is 0. The van der Waals surface area contributed by atoms with Crippen LogP contribution in [0.25, 0.3) is 5.57 Å². The third-order valence-electron chi connectivity index (χ3n) is 2.54. The Bertz CT molecular complexity index is 459. The molecule has 0 spiro atoms. The standard InChI is InChI=1S/C15H13F/c1-12(13-8-4-2-5-9-13)15(16)14-10-6-3-7-11-14/h2-11,15H,1H2/t15-/m1/s1. The van der Waals surface area contributed by atoms with Gasteiger partial charge < -0.3 is 0 Å². The number of allylic oxidation sites excluding steroid dienone is 1. The normalized spacial score (nSPS) is 12.1. The van der Waals surface area contributed by atoms with E-state index in [0.29, 0.717) is 11.1 Å². The highest BCUT2D eigenvalue weighted by atomic mass is 19.1. The molecule has 0 radical (unpaired) electrons. The predicted octanol–water partition coefficient (Wildman–Crippen LogP) is 4.41. The van der Waals surface area contributed by atoms with Crippen molar-refractivity contribution in [3.63, 3.8) is 0 Å². The Hall–Kier alpha value is -1.89. The largest absolute Gasteiger partial charge is 0.237 e. The molecule has 80 valence electrons. The highest BCUT2D eigenvalue weighted by molar-refractivity contribution is 5.68. The predicted molar refractivity (Wildman–Crippen MR) is 65.8 cm³/mol. The molecule has 0 aliphatic carbocycles. The van der Waals surface area contributed by atoms with Gasteiger partial charge in [-0.15, -0.1) is 0 Å². The van der Waals surface area contributed by atoms with Crippen molar-refractivity contribution in [3.8, 4) is 0 Å². The molecular weight excluding hydrogens is 199 g/mol. The summed E-state index contributed by atoms with van der Waals surface area (Å²) in [5.41, 5.74) is 2.00. The summed E-state index contributed by atoms with van der Waals surface area (Å²) in [6.07, 6.45) is -1.14. The molecule has 0 bridgehead atoms. The van der Waals surface area contributed by atoms with Gasteiger partial charge >= 0.3 is 0 Å². The van der Waals surface area contributed by atoms with E-state index >= 15 is 0 Å². The SMILES string of the molecule is C=C(c1ccccc1)[C@@H](F)c1ccccc1. The quantitative estimate of drug-likeness (QED) is 0.707. The Balaban J connectivity index is 2.24. The van der Waals surface area contributed by atoms with E-state index in [1.807, 2.05) is 48.5 Å². The molecule has 0 saturated carbocycles. The summed E-state index contributed by atoms with van der Waals surface area (Å²) >= 11 is 0. The van der Waals surface area contributed by atoms with Gasteiger partial charge in [0, 0.05) is 0 Å². The summed E-state index contributed by atoms with van der Waals surface area (Å²) in [4.78, 5) is 0. The van der Waals surface area contributed by atoms with Crippen LogP contribution in [0.4, 0.5) is 4.39 Å². The van der Waals surface area contributed by atoms with Crippen LogP contribution in [-0.2, 0) is 0 Å². The fourth-order valence-corrected chi connectivity index (χ4v) is 1.62. The van der Waals surface area contributed by atoms with Gasteiger partial charge in [-0.3, -0.25) is 0 Å². The van der Waals surface area contributed by atoms with Crippen LogP contribution >= 0.6 is 0 Å². The summed E-state index contributed by atoms with van der Waals surface area (Å²) in [7, 11) is 0. The summed E-state index contributed by atoms with van der Waals surface area (Å²) in [6.45, 7) is 3.83. The fraction of sp³-hybridized carbons (Fsp3) is 0.0667. The maximum atomic E-state index is 14.1. The maximum absolute atomic E-state index is 14.1. The molecule has 0 aliphatic heterocycles. The summed E-state index contributed by atoms with van der Waals surface area (Å²) in [6, 6.07) is 18.5. The molecule has 0 saturated heterocycles. The van der Waals surface area contributed by atoms with E-state index in [0.717, 1.165) is 5.56 Å². The van der Waals surface area contributed by atoms with Crippen LogP contribution < -0.4 is 0 Å². The van der Waals surface area contributed by atoms with E-state index in [4.69, 9.17) is 0 Å². The van der Waals surface area contributed by atoms with Gasteiger partial charge in [-0.2, -0.15) is 0 Å². The van der Waals surface area contributed by atoms with E-state index in [1.165, 1.54) is 0 Å². The van der Waals surface area contributed by atoms with Crippen LogP contribution in [-0.4, -0.2) is 0 Å². The van der Waals surface area contributed by atoms with Crippen LogP contribution in [0.1, 0.15) is 17.3 Å². The molecule has 0 amide bonds. The van der Waals surface area contributed by atoms with Gasteiger partial charge in [0.25, 0.3) is 0 Å². The molecule has 0 aromatic heterocycles. The van der Waals surface area contributed by atoms with Crippen molar-refractivity contribution >= 4 is 5.57 Å². The van der Waals surface area contributed by atoms with E-state index in [9.17, 15) is 4.39 Å². The maximum Gasteiger partial charge on any atom is 0.150 e. The van der Waals surface area contributed by atoms with Gasteiger partial charge in [0.2, 0.25) is 0 Å². The van der Waals surface area contributed by atoms with Gasteiger partial charge in [-0.05, 0) is 16.7 Å². The highest BCUT2D eigenvalue weighted by Gasteiger charge is 2.14. The summed E-state index contributed by atoms with van der Waals surface area (Å²) in [5, 5.41) is 0. The first kappa shape index (κ1) is 10.6. The van der Waals surface area contributed by atoms with Crippen molar-refractivity contribution < 1.29 is 4.39 Å². The Morgan fingerprint density at radius 2 is 1.38 bits per heavy atom. The molecular formula is C15H13F. The second-order valence-corrected chi connectivity index (χ2v) is 3.66. The van der Waals surface area contributed by atoms with Crippen molar-refractivity contribution in [2.24, 2.45) is 0 Å². The molecule has 2 aromatic carbocycles. The number of halogens is 1. The van der Waals surface area contributed by atoms with Crippen molar-refractivity contribution in [1.82, 2.24) is 0 Å². The third-order valence-corrected chi connectivity index (χ3v) is 2.54. The van der Waals surface area contributed by atoms with Crippen LogP contribution in [0.5, 0.6) is 0 Å². The molecule has 0 heterocycles. The summed E-state index contributed by atoms with van der Waals surface area (Å²) < 4.78 is 14.1. The second kappa shape index (κ2) is 4.75. The molecule has 0 N–H and O–H groups in total. The summed E-state index contributed by atoms with van der Waals surface area (Å²) in [5.74, 6) is 0. The molecule has 2 aromatic rings. The van der Waals surface area contributed by atoms with Crippen LogP contribution in [0, 0.1) is 0 Å². The lowest BCUT2D eigenvalue weighted by Gasteiger charge is -2.11. The lowest BCUT2D eigenvalue weighted by Crippen LogP contribution is -1.94. The number of rotatable bonds is 3. The number of benzene rings is 2. The first-order valence-electron chi connectivity index (χ1n) is 5.22. The Morgan fingerprint density at radius 3 is 1.94 bits per heavy atom. The van der Waals surface area contributed by atoms with E-state index in [2.05, 4.69) is 6.58 Å². The third kappa shape index (κ3) is 2.19. The van der Waals surface area contributed by atoms with E-state index in [1.54, 1.807) is 12.1 Å². The monoisotopic (exact) mass is 212 g/mol. The molecule has 0 unspecified atom stereocenters. The zero-order chi connectivity index (χ0) is 11.4. The van der Waals surface area contributed by atoms with Crippen molar-refractivity contribution in [2.45, 2.75) is 6.17 Å². The number of alkyl halides is 1. The van der Waals surface area contributed by atoms with Gasteiger partial charge in [0.15, 0.2) is 6.17 Å². The van der Waals surface area contributed by atoms with Gasteiger partial charge in [0.05, 0.1) is 0 Å². The molecule has 0 nitrogen and oxygen atoms in total. The minimum atomic E-state index is -1.14. The Kier molecular flexibility index (Phi) is 3.16. The molecule has 1 heteroatoms. The molecule has 1 atom stereocenters. The minimum Gasteiger partial charge on any atom is -0.237 e. The van der Waals surface area contributed by atoms with Gasteiger partial charge in [-0.25, -0.2) is 4.39 Å². The van der Waals surface area contributed by atoms with Crippen LogP contribution in [0.2, 0.25) is 0 Å². The van der Waals surface area contributed by atoms with E-state index < -0.39 is 6.17 Å². The fourth-order valence-electron chi connectivity index (χ4n) is 1.62. The zero-order valence-electron chi connectivity index (χ0n) is 8.94. The Morgan fingerprint density at radius 1 is 0.875 bits per heavy atom. The van der Waals surface area contributed by atoms with Gasteiger partial charge in [-0.1, -0.05) is 67.2 Å². The molecule has 0 aliphatic rings. The lowest BCUT2D eigenvalue weighted by atomic mass is 9.98. The smallest absolute Gasteiger partial charge is 0.150 e. The highest BCUT2D eigenvalue weighted by Crippen LogP contribution is 2.31. The second-order valence-electron chi connectivity index (χ2n) is 3.66. The van der Waals surface area contributed by atoms with E-state index in [-0.39, 0.29) is 0 Å². The molecule has 16 heavy (non-hydrogen) atoms. The lowest BCUT2D eigenvalue weighted by molar-refractivity contribution is 0.427.